The molecule has 264 valence electrons. The summed E-state index contributed by atoms with van der Waals surface area (Å²) in [7, 11) is 0. The second-order valence-electron chi connectivity index (χ2n) is 16.0. The first-order chi connectivity index (χ1) is 22.4. The first-order valence-corrected chi connectivity index (χ1v) is 16.2. The molecule has 0 radical (unpaired) electrons. The lowest BCUT2D eigenvalue weighted by atomic mass is 9.66. The molecule has 2 aromatic rings. The Bertz CT molecular complexity index is 1940. The Labute approximate surface area is 278 Å². The van der Waals surface area contributed by atoms with Crippen LogP contribution in [0.5, 0.6) is 5.75 Å². The predicted octanol–water partition coefficient (Wildman–Crippen LogP) is 5.72. The number of fused-ring (bicyclic) bond motifs is 7. The molecule has 4 bridgehead atoms. The van der Waals surface area contributed by atoms with E-state index in [0.717, 1.165) is 6.07 Å². The van der Waals surface area contributed by atoms with E-state index in [1.54, 1.807) is 41.5 Å². The van der Waals surface area contributed by atoms with E-state index in [0.29, 0.717) is 18.9 Å². The van der Waals surface area contributed by atoms with Crippen molar-refractivity contribution in [3.05, 3.63) is 39.7 Å². The molecule has 1 aromatic carbocycles. The number of esters is 4. The third kappa shape index (κ3) is 3.83. The smallest absolute Gasteiger partial charge is 0.417 e. The summed E-state index contributed by atoms with van der Waals surface area (Å²) in [6.45, 7) is 13.3. The van der Waals surface area contributed by atoms with Crippen LogP contribution in [0.3, 0.4) is 0 Å². The highest BCUT2D eigenvalue weighted by molar-refractivity contribution is 5.95. The second kappa shape index (κ2) is 9.36. The highest BCUT2D eigenvalue weighted by Gasteiger charge is 2.78. The summed E-state index contributed by atoms with van der Waals surface area (Å²) in [5.74, 6) is -3.26. The molecule has 49 heavy (non-hydrogen) atoms. The van der Waals surface area contributed by atoms with Crippen molar-refractivity contribution in [2.45, 2.75) is 116 Å². The van der Waals surface area contributed by atoms with Gasteiger partial charge >= 0.3 is 35.7 Å². The number of benzene rings is 1. The molecule has 0 spiro atoms. The molecule has 14 heteroatoms. The molecule has 4 unspecified atom stereocenters. The van der Waals surface area contributed by atoms with E-state index in [9.17, 15) is 37.1 Å². The topological polar surface area (TPSA) is 145 Å². The lowest BCUT2D eigenvalue weighted by molar-refractivity contribution is -0.217. The molecular weight excluding hydrogens is 653 g/mol. The van der Waals surface area contributed by atoms with Crippen LogP contribution in [-0.4, -0.2) is 46.8 Å². The number of halogens is 3. The summed E-state index contributed by atoms with van der Waals surface area (Å²) in [4.78, 5) is 67.4. The largest absolute Gasteiger partial charge is 0.483 e. The van der Waals surface area contributed by atoms with Crippen molar-refractivity contribution in [3.8, 4) is 5.75 Å². The van der Waals surface area contributed by atoms with Crippen molar-refractivity contribution < 1.29 is 60.5 Å². The molecule has 4 fully saturated rings. The van der Waals surface area contributed by atoms with Crippen LogP contribution in [0.2, 0.25) is 0 Å². The molecule has 4 heterocycles. The van der Waals surface area contributed by atoms with Gasteiger partial charge in [0.05, 0.1) is 22.0 Å². The lowest BCUT2D eigenvalue weighted by Crippen LogP contribution is -2.57. The van der Waals surface area contributed by atoms with E-state index in [1.165, 1.54) is 19.9 Å². The van der Waals surface area contributed by atoms with Gasteiger partial charge in [0.1, 0.15) is 16.9 Å². The van der Waals surface area contributed by atoms with Crippen molar-refractivity contribution in [2.75, 3.05) is 0 Å². The van der Waals surface area contributed by atoms with Gasteiger partial charge in [-0.05, 0) is 65.5 Å². The van der Waals surface area contributed by atoms with Crippen molar-refractivity contribution >= 4 is 34.8 Å². The summed E-state index contributed by atoms with van der Waals surface area (Å²) in [6.07, 6.45) is -7.45. The van der Waals surface area contributed by atoms with Gasteiger partial charge in [-0.1, -0.05) is 27.7 Å². The third-order valence-corrected chi connectivity index (χ3v) is 13.1. The minimum atomic E-state index is -4.98. The summed E-state index contributed by atoms with van der Waals surface area (Å²) in [5.41, 5.74) is -12.7. The van der Waals surface area contributed by atoms with Gasteiger partial charge in [-0.2, -0.15) is 13.2 Å². The minimum absolute atomic E-state index is 0.0965. The van der Waals surface area contributed by atoms with Crippen LogP contribution in [0.25, 0.3) is 11.0 Å². The average Bonchev–Trinajstić information content (AvgIpc) is 3.45. The highest BCUT2D eigenvalue weighted by Crippen LogP contribution is 2.67. The maximum absolute atomic E-state index is 14.4. The molecule has 2 saturated carbocycles. The molecule has 5 aliphatic rings. The Morgan fingerprint density at radius 1 is 0.755 bits per heavy atom. The zero-order valence-electron chi connectivity index (χ0n) is 28.3. The minimum Gasteiger partial charge on any atom is -0.483 e. The van der Waals surface area contributed by atoms with Crippen LogP contribution in [0, 0.1) is 21.7 Å². The van der Waals surface area contributed by atoms with Crippen LogP contribution in [0.4, 0.5) is 13.2 Å². The zero-order valence-corrected chi connectivity index (χ0v) is 28.3. The molecule has 7 rings (SSSR count). The Hall–Kier alpha value is -4.10. The van der Waals surface area contributed by atoms with E-state index in [2.05, 4.69) is 0 Å². The molecule has 0 amide bonds. The van der Waals surface area contributed by atoms with E-state index in [1.807, 2.05) is 0 Å². The van der Waals surface area contributed by atoms with Crippen LogP contribution < -0.4 is 10.4 Å². The van der Waals surface area contributed by atoms with Gasteiger partial charge in [0, 0.05) is 22.3 Å². The molecular formula is C35H37F3O11. The first kappa shape index (κ1) is 33.4. The molecule has 1 aromatic heterocycles. The number of alkyl halides is 3. The standard InChI is InChI=1S/C35H37F3O11/c1-28(2)23(46-27(43)34-14-12-32(8,25(41)49-34)30(34,5)6)22(45-26(42)33-13-11-31(7,24(40)48-33)29(33,3)4)20-18(47-28)10-9-16-17(35(36,37)38)15-19(39)44-21(16)20/h9-10,15,22-23H,11-14H2,1-8H3/t22-,23-,31?,32?,33?,34?/m1/s1. The highest BCUT2D eigenvalue weighted by atomic mass is 19.4. The average molecular weight is 691 g/mol. The van der Waals surface area contributed by atoms with Crippen LogP contribution in [-0.2, 0) is 44.3 Å². The molecule has 3 aliphatic heterocycles. The van der Waals surface area contributed by atoms with Crippen molar-refractivity contribution in [1.82, 2.24) is 0 Å². The van der Waals surface area contributed by atoms with Gasteiger partial charge in [-0.3, -0.25) is 9.59 Å². The predicted molar refractivity (Wildman–Crippen MR) is 161 cm³/mol. The molecule has 6 atom stereocenters. The summed E-state index contributed by atoms with van der Waals surface area (Å²) < 4.78 is 78.0. The lowest BCUT2D eigenvalue weighted by Gasteiger charge is -2.45. The van der Waals surface area contributed by atoms with Gasteiger partial charge in [0.25, 0.3) is 0 Å². The van der Waals surface area contributed by atoms with Gasteiger partial charge in [-0.25, -0.2) is 14.4 Å². The maximum atomic E-state index is 14.4. The van der Waals surface area contributed by atoms with Crippen molar-refractivity contribution in [1.29, 1.82) is 0 Å². The fourth-order valence-electron chi connectivity index (χ4n) is 8.83. The fraction of sp³-hybridized carbons (Fsp3) is 0.629. The summed E-state index contributed by atoms with van der Waals surface area (Å²) >= 11 is 0. The number of carbonyl (C=O) groups excluding carboxylic acids is 4. The number of hydrogen-bond donors (Lipinski definition) is 0. The Morgan fingerprint density at radius 3 is 1.71 bits per heavy atom. The Balaban J connectivity index is 1.40. The Kier molecular flexibility index (Phi) is 6.38. The fourth-order valence-corrected chi connectivity index (χ4v) is 8.83. The van der Waals surface area contributed by atoms with E-state index in [-0.39, 0.29) is 24.2 Å². The van der Waals surface area contributed by atoms with Crippen LogP contribution >= 0.6 is 0 Å². The third-order valence-electron chi connectivity index (χ3n) is 13.1. The van der Waals surface area contributed by atoms with Crippen LogP contribution in [0.1, 0.15) is 98.3 Å². The molecule has 2 aliphatic carbocycles. The number of hydrogen-bond acceptors (Lipinski definition) is 11. The van der Waals surface area contributed by atoms with Gasteiger partial charge in [-0.15, -0.1) is 0 Å². The number of carbonyl (C=O) groups is 4. The van der Waals surface area contributed by atoms with E-state index < -0.39 is 103 Å². The van der Waals surface area contributed by atoms with E-state index in [4.69, 9.17) is 28.1 Å². The second-order valence-corrected chi connectivity index (χ2v) is 16.0. The number of ether oxygens (including phenoxy) is 5. The quantitative estimate of drug-likeness (QED) is 0.221. The van der Waals surface area contributed by atoms with Gasteiger partial charge in [0.15, 0.2) is 12.2 Å². The molecule has 0 N–H and O–H groups in total. The first-order valence-electron chi connectivity index (χ1n) is 16.2. The maximum Gasteiger partial charge on any atom is 0.417 e. The molecule has 2 saturated heterocycles. The van der Waals surface area contributed by atoms with Gasteiger partial charge < -0.3 is 28.1 Å². The zero-order chi connectivity index (χ0) is 36.1. The summed E-state index contributed by atoms with van der Waals surface area (Å²) in [6, 6.07) is 2.61. The normalized spacial score (nSPS) is 36.1. The Morgan fingerprint density at radius 2 is 1.27 bits per heavy atom. The monoisotopic (exact) mass is 690 g/mol. The number of rotatable bonds is 4. The summed E-state index contributed by atoms with van der Waals surface area (Å²) in [5, 5.41) is -0.532. The van der Waals surface area contributed by atoms with Crippen molar-refractivity contribution in [2.24, 2.45) is 21.7 Å². The van der Waals surface area contributed by atoms with Crippen molar-refractivity contribution in [3.63, 3.8) is 0 Å². The van der Waals surface area contributed by atoms with E-state index >= 15 is 0 Å². The SMILES string of the molecule is CC1(C)Oc2ccc3c(C(F)(F)F)cc(=O)oc3c2[C@@H](OC(=O)C23CCC(C)(C(=O)O2)C3(C)C)[C@H]1OC(=O)C12CCC(C)(C(=O)O1)C2(C)C. The molecule has 11 nitrogen and oxygen atoms in total. The van der Waals surface area contributed by atoms with Gasteiger partial charge in [0.2, 0.25) is 11.2 Å². The van der Waals surface area contributed by atoms with Crippen LogP contribution in [0.15, 0.2) is 27.4 Å².